The van der Waals surface area contributed by atoms with Crippen LogP contribution in [-0.2, 0) is 16.3 Å². The second-order valence-corrected chi connectivity index (χ2v) is 9.26. The highest BCUT2D eigenvalue weighted by Gasteiger charge is 2.26. The molecule has 0 amide bonds. The standard InChI is InChI=1S/C21H26N2O2S/c24-26(25,18-6-2-1-3-7-18)19-9-10-20-16(15-19)5-4-8-21(20)23-17-11-13-22-14-12-17/h1-3,6-7,9-10,15,17,21-23H,4-5,8,11-14H2. The number of hydrogen-bond acceptors (Lipinski definition) is 4. The van der Waals surface area contributed by atoms with E-state index in [4.69, 9.17) is 0 Å². The van der Waals surface area contributed by atoms with Crippen LogP contribution in [0, 0.1) is 0 Å². The Labute approximate surface area is 155 Å². The number of nitrogens with one attached hydrogen (secondary N) is 2. The van der Waals surface area contributed by atoms with Crippen LogP contribution < -0.4 is 10.6 Å². The van der Waals surface area contributed by atoms with Crippen molar-refractivity contribution in [3.8, 4) is 0 Å². The summed E-state index contributed by atoms with van der Waals surface area (Å²) in [5.41, 5.74) is 2.46. The molecule has 2 N–H and O–H groups in total. The third-order valence-corrected chi connectivity index (χ3v) is 7.34. The molecule has 0 bridgehead atoms. The highest BCUT2D eigenvalue weighted by Crippen LogP contribution is 2.33. The maximum Gasteiger partial charge on any atom is 0.206 e. The van der Waals surface area contributed by atoms with E-state index in [1.165, 1.54) is 11.1 Å². The number of sulfone groups is 1. The van der Waals surface area contributed by atoms with Crippen molar-refractivity contribution in [2.24, 2.45) is 0 Å². The molecule has 0 radical (unpaired) electrons. The molecule has 0 saturated carbocycles. The Hall–Kier alpha value is -1.69. The van der Waals surface area contributed by atoms with E-state index in [0.717, 1.165) is 45.2 Å². The Balaban J connectivity index is 1.60. The van der Waals surface area contributed by atoms with Crippen molar-refractivity contribution in [2.45, 2.75) is 54.0 Å². The number of benzene rings is 2. The maximum atomic E-state index is 12.9. The molecular formula is C21H26N2O2S. The summed E-state index contributed by atoms with van der Waals surface area (Å²) in [4.78, 5) is 0.769. The summed E-state index contributed by atoms with van der Waals surface area (Å²) in [6, 6.07) is 15.3. The lowest BCUT2D eigenvalue weighted by Crippen LogP contribution is -2.42. The molecule has 26 heavy (non-hydrogen) atoms. The van der Waals surface area contributed by atoms with E-state index in [-0.39, 0.29) is 0 Å². The van der Waals surface area contributed by atoms with E-state index >= 15 is 0 Å². The second kappa shape index (κ2) is 7.51. The highest BCUT2D eigenvalue weighted by molar-refractivity contribution is 7.91. The first kappa shape index (κ1) is 17.7. The molecule has 138 valence electrons. The molecule has 5 heteroatoms. The van der Waals surface area contributed by atoms with Crippen molar-refractivity contribution in [3.63, 3.8) is 0 Å². The zero-order valence-corrected chi connectivity index (χ0v) is 15.8. The summed E-state index contributed by atoms with van der Waals surface area (Å²) in [6.45, 7) is 2.15. The van der Waals surface area contributed by atoms with E-state index in [9.17, 15) is 8.42 Å². The number of hydrogen-bond donors (Lipinski definition) is 2. The van der Waals surface area contributed by atoms with Gasteiger partial charge < -0.3 is 10.6 Å². The van der Waals surface area contributed by atoms with Crippen molar-refractivity contribution >= 4 is 9.84 Å². The third kappa shape index (κ3) is 3.56. The van der Waals surface area contributed by atoms with Crippen LogP contribution >= 0.6 is 0 Å². The lowest BCUT2D eigenvalue weighted by molar-refractivity contribution is 0.330. The molecule has 1 aliphatic heterocycles. The van der Waals surface area contributed by atoms with Gasteiger partial charge in [-0.2, -0.15) is 0 Å². The Kier molecular flexibility index (Phi) is 5.11. The fourth-order valence-corrected chi connectivity index (χ4v) is 5.47. The number of fused-ring (bicyclic) bond motifs is 1. The lowest BCUT2D eigenvalue weighted by atomic mass is 9.87. The first-order valence-electron chi connectivity index (χ1n) is 9.54. The van der Waals surface area contributed by atoms with Crippen LogP contribution in [0.3, 0.4) is 0 Å². The van der Waals surface area contributed by atoms with Gasteiger partial charge in [0.2, 0.25) is 9.84 Å². The normalized spacial score (nSPS) is 21.3. The molecule has 4 nitrogen and oxygen atoms in total. The quantitative estimate of drug-likeness (QED) is 0.867. The molecule has 1 saturated heterocycles. The van der Waals surface area contributed by atoms with Crippen LogP contribution in [0.5, 0.6) is 0 Å². The molecule has 4 rings (SSSR count). The van der Waals surface area contributed by atoms with Crippen molar-refractivity contribution in [3.05, 3.63) is 59.7 Å². The predicted octanol–water partition coefficient (Wildman–Crippen LogP) is 3.24. The highest BCUT2D eigenvalue weighted by atomic mass is 32.2. The SMILES string of the molecule is O=S(=O)(c1ccccc1)c1ccc2c(c1)CCCC2NC1CCNCC1. The predicted molar refractivity (Wildman–Crippen MR) is 103 cm³/mol. The van der Waals surface area contributed by atoms with Crippen molar-refractivity contribution in [1.82, 2.24) is 10.6 Å². The van der Waals surface area contributed by atoms with Crippen molar-refractivity contribution in [2.75, 3.05) is 13.1 Å². The van der Waals surface area contributed by atoms with Crippen LogP contribution in [0.25, 0.3) is 0 Å². The van der Waals surface area contributed by atoms with Crippen molar-refractivity contribution in [1.29, 1.82) is 0 Å². The number of aryl methyl sites for hydroxylation is 1. The fraction of sp³-hybridized carbons (Fsp3) is 0.429. The van der Waals surface area contributed by atoms with Gasteiger partial charge in [-0.05, 0) is 80.6 Å². The van der Waals surface area contributed by atoms with E-state index in [0.29, 0.717) is 21.9 Å². The zero-order valence-electron chi connectivity index (χ0n) is 14.9. The smallest absolute Gasteiger partial charge is 0.206 e. The Bertz CT molecular complexity index is 859. The van der Waals surface area contributed by atoms with E-state index in [2.05, 4.69) is 10.6 Å². The summed E-state index contributed by atoms with van der Waals surface area (Å²) in [5.74, 6) is 0. The zero-order chi connectivity index (χ0) is 18.0. The minimum absolute atomic E-state index is 0.343. The van der Waals surface area contributed by atoms with Gasteiger partial charge in [0.25, 0.3) is 0 Å². The van der Waals surface area contributed by atoms with Crippen LogP contribution in [0.1, 0.15) is 42.9 Å². The van der Waals surface area contributed by atoms with Gasteiger partial charge in [0, 0.05) is 12.1 Å². The van der Waals surface area contributed by atoms with Gasteiger partial charge in [-0.1, -0.05) is 24.3 Å². The molecule has 2 aromatic rings. The molecule has 1 heterocycles. The van der Waals surface area contributed by atoms with E-state index in [1.807, 2.05) is 18.2 Å². The molecule has 2 aromatic carbocycles. The summed E-state index contributed by atoms with van der Waals surface area (Å²) >= 11 is 0. The lowest BCUT2D eigenvalue weighted by Gasteiger charge is -2.33. The van der Waals surface area contributed by atoms with Crippen LogP contribution in [-0.4, -0.2) is 27.5 Å². The number of piperidine rings is 1. The molecule has 1 fully saturated rings. The van der Waals surface area contributed by atoms with Gasteiger partial charge in [-0.3, -0.25) is 0 Å². The van der Waals surface area contributed by atoms with E-state index < -0.39 is 9.84 Å². The second-order valence-electron chi connectivity index (χ2n) is 7.31. The third-order valence-electron chi connectivity index (χ3n) is 5.57. The fourth-order valence-electron chi connectivity index (χ4n) is 4.14. The average Bonchev–Trinajstić information content (AvgIpc) is 2.69. The van der Waals surface area contributed by atoms with Gasteiger partial charge in [-0.25, -0.2) is 8.42 Å². The number of rotatable bonds is 4. The van der Waals surface area contributed by atoms with Crippen molar-refractivity contribution < 1.29 is 8.42 Å². The van der Waals surface area contributed by atoms with Gasteiger partial charge in [0.15, 0.2) is 0 Å². The van der Waals surface area contributed by atoms with Gasteiger partial charge in [0.05, 0.1) is 9.79 Å². The first-order valence-corrected chi connectivity index (χ1v) is 11.0. The molecule has 2 aliphatic rings. The molecule has 1 atom stereocenters. The maximum absolute atomic E-state index is 12.9. The largest absolute Gasteiger partial charge is 0.317 e. The minimum atomic E-state index is -3.45. The molecule has 1 unspecified atom stereocenters. The minimum Gasteiger partial charge on any atom is -0.317 e. The van der Waals surface area contributed by atoms with E-state index in [1.54, 1.807) is 30.3 Å². The van der Waals surface area contributed by atoms with Crippen LogP contribution in [0.2, 0.25) is 0 Å². The Morgan fingerprint density at radius 1 is 0.923 bits per heavy atom. The molecule has 1 aliphatic carbocycles. The monoisotopic (exact) mass is 370 g/mol. The average molecular weight is 371 g/mol. The Morgan fingerprint density at radius 3 is 2.46 bits per heavy atom. The topological polar surface area (TPSA) is 58.2 Å². The first-order chi connectivity index (χ1) is 12.6. The molecule has 0 aromatic heterocycles. The van der Waals surface area contributed by atoms with Crippen LogP contribution in [0.4, 0.5) is 0 Å². The summed E-state index contributed by atoms with van der Waals surface area (Å²) in [6.07, 6.45) is 5.50. The summed E-state index contributed by atoms with van der Waals surface area (Å²) in [5, 5.41) is 7.22. The van der Waals surface area contributed by atoms with Crippen LogP contribution in [0.15, 0.2) is 58.3 Å². The molecular weight excluding hydrogens is 344 g/mol. The van der Waals surface area contributed by atoms with Gasteiger partial charge >= 0.3 is 0 Å². The Morgan fingerprint density at radius 2 is 1.69 bits per heavy atom. The summed E-state index contributed by atoms with van der Waals surface area (Å²) in [7, 11) is -3.45. The van der Waals surface area contributed by atoms with Gasteiger partial charge in [-0.15, -0.1) is 0 Å². The molecule has 0 spiro atoms. The summed E-state index contributed by atoms with van der Waals surface area (Å²) < 4.78 is 25.8. The van der Waals surface area contributed by atoms with Gasteiger partial charge in [0.1, 0.15) is 0 Å².